The minimum absolute atomic E-state index is 0.174. The van der Waals surface area contributed by atoms with Crippen LogP contribution >= 0.6 is 11.8 Å². The molecule has 0 atom stereocenters. The number of carboxylic acids is 1. The lowest BCUT2D eigenvalue weighted by Crippen LogP contribution is -2.59. The van der Waals surface area contributed by atoms with Crippen molar-refractivity contribution < 1.29 is 14.7 Å². The van der Waals surface area contributed by atoms with Gasteiger partial charge in [-0.2, -0.15) is 0 Å². The van der Waals surface area contributed by atoms with Crippen LogP contribution in [0, 0.1) is 6.92 Å². The van der Waals surface area contributed by atoms with Crippen LogP contribution in [0.5, 0.6) is 0 Å². The van der Waals surface area contributed by atoms with E-state index in [0.717, 1.165) is 11.3 Å². The molecule has 0 aliphatic heterocycles. The number of nitrogens with one attached hydrogen (secondary N) is 1. The van der Waals surface area contributed by atoms with Gasteiger partial charge in [0.05, 0.1) is 0 Å². The number of carbonyl (C=O) groups is 2. The fraction of sp³-hybridized carbons (Fsp3) is 0.467. The van der Waals surface area contributed by atoms with E-state index in [1.807, 2.05) is 31.2 Å². The van der Waals surface area contributed by atoms with E-state index in [1.165, 1.54) is 5.56 Å². The lowest BCUT2D eigenvalue weighted by atomic mass is 9.76. The molecule has 108 valence electrons. The Kier molecular flexibility index (Phi) is 4.70. The minimum Gasteiger partial charge on any atom is -0.480 e. The maximum absolute atomic E-state index is 11.8. The van der Waals surface area contributed by atoms with Crippen LogP contribution in [0.3, 0.4) is 0 Å². The van der Waals surface area contributed by atoms with Gasteiger partial charge in [-0.1, -0.05) is 17.7 Å². The molecule has 1 aromatic carbocycles. The third-order valence-corrected chi connectivity index (χ3v) is 4.63. The Bertz CT molecular complexity index is 494. The summed E-state index contributed by atoms with van der Waals surface area (Å²) in [5.41, 5.74) is 0.214. The number of rotatable bonds is 6. The Morgan fingerprint density at radius 3 is 2.45 bits per heavy atom. The molecule has 1 aromatic rings. The van der Waals surface area contributed by atoms with Crippen LogP contribution in [0.1, 0.15) is 31.2 Å². The highest BCUT2D eigenvalue weighted by molar-refractivity contribution is 7.99. The fourth-order valence-corrected chi connectivity index (χ4v) is 3.00. The van der Waals surface area contributed by atoms with Crippen LogP contribution in [0.25, 0.3) is 0 Å². The van der Waals surface area contributed by atoms with Gasteiger partial charge in [0.15, 0.2) is 0 Å². The summed E-state index contributed by atoms with van der Waals surface area (Å²) in [6, 6.07) is 8.14. The van der Waals surface area contributed by atoms with Crippen molar-refractivity contribution in [1.82, 2.24) is 5.32 Å². The minimum atomic E-state index is -0.994. The maximum Gasteiger partial charge on any atom is 0.329 e. The predicted molar refractivity (Wildman–Crippen MR) is 78.9 cm³/mol. The van der Waals surface area contributed by atoms with E-state index in [4.69, 9.17) is 5.11 Å². The number of hydrogen-bond acceptors (Lipinski definition) is 3. The van der Waals surface area contributed by atoms with Crippen molar-refractivity contribution in [2.45, 2.75) is 43.0 Å². The first kappa shape index (κ1) is 14.9. The molecule has 0 aromatic heterocycles. The lowest BCUT2D eigenvalue weighted by Gasteiger charge is -2.38. The second-order valence-electron chi connectivity index (χ2n) is 5.20. The highest BCUT2D eigenvalue weighted by Gasteiger charge is 2.45. The third-order valence-electron chi connectivity index (χ3n) is 3.61. The molecule has 1 fully saturated rings. The molecule has 0 radical (unpaired) electrons. The van der Waals surface area contributed by atoms with Gasteiger partial charge in [0, 0.05) is 17.1 Å². The standard InChI is InChI=1S/C15H19NO3S/c1-11-3-5-12(6-4-11)20-10-7-13(17)16-15(14(18)19)8-2-9-15/h3-6H,2,7-10H2,1H3,(H,16,17)(H,18,19). The zero-order chi connectivity index (χ0) is 14.6. The Morgan fingerprint density at radius 2 is 1.95 bits per heavy atom. The first-order valence-electron chi connectivity index (χ1n) is 6.76. The normalized spacial score (nSPS) is 16.2. The van der Waals surface area contributed by atoms with Crippen LogP contribution in [0.2, 0.25) is 0 Å². The number of aryl methyl sites for hydroxylation is 1. The van der Waals surface area contributed by atoms with Crippen molar-refractivity contribution >= 4 is 23.6 Å². The van der Waals surface area contributed by atoms with Crippen molar-refractivity contribution in [3.63, 3.8) is 0 Å². The van der Waals surface area contributed by atoms with Crippen molar-refractivity contribution in [3.05, 3.63) is 29.8 Å². The molecule has 1 amide bonds. The van der Waals surface area contributed by atoms with Gasteiger partial charge in [-0.3, -0.25) is 4.79 Å². The molecular formula is C15H19NO3S. The van der Waals surface area contributed by atoms with Crippen LogP contribution in [0.4, 0.5) is 0 Å². The number of carbonyl (C=O) groups excluding carboxylic acids is 1. The summed E-state index contributed by atoms with van der Waals surface area (Å²) in [6.07, 6.45) is 2.29. The highest BCUT2D eigenvalue weighted by atomic mass is 32.2. The topological polar surface area (TPSA) is 66.4 Å². The summed E-state index contributed by atoms with van der Waals surface area (Å²) in [5.74, 6) is -0.431. The largest absolute Gasteiger partial charge is 0.480 e. The third kappa shape index (κ3) is 3.54. The zero-order valence-corrected chi connectivity index (χ0v) is 12.3. The Balaban J connectivity index is 1.75. The van der Waals surface area contributed by atoms with Gasteiger partial charge in [0.2, 0.25) is 5.91 Å². The molecule has 1 saturated carbocycles. The molecule has 5 heteroatoms. The molecule has 0 unspecified atom stereocenters. The molecule has 1 aliphatic carbocycles. The molecule has 2 N–H and O–H groups in total. The number of amides is 1. The quantitative estimate of drug-likeness (QED) is 0.791. The van der Waals surface area contributed by atoms with Gasteiger partial charge in [-0.15, -0.1) is 11.8 Å². The van der Waals surface area contributed by atoms with Gasteiger partial charge < -0.3 is 10.4 Å². The van der Waals surface area contributed by atoms with Crippen molar-refractivity contribution in [2.75, 3.05) is 5.75 Å². The van der Waals surface area contributed by atoms with E-state index in [-0.39, 0.29) is 5.91 Å². The SMILES string of the molecule is Cc1ccc(SCCC(=O)NC2(C(=O)O)CCC2)cc1. The highest BCUT2D eigenvalue weighted by Crippen LogP contribution is 2.32. The number of thioether (sulfide) groups is 1. The average Bonchev–Trinajstić information content (AvgIpc) is 2.36. The van der Waals surface area contributed by atoms with E-state index in [2.05, 4.69) is 5.32 Å². The summed E-state index contributed by atoms with van der Waals surface area (Å²) in [4.78, 5) is 24.1. The number of hydrogen-bond donors (Lipinski definition) is 2. The summed E-state index contributed by atoms with van der Waals surface area (Å²) in [7, 11) is 0. The van der Waals surface area contributed by atoms with Crippen LogP contribution in [-0.4, -0.2) is 28.3 Å². The predicted octanol–water partition coefficient (Wildman–Crippen LogP) is 2.60. The number of carboxylic acid groups (broad SMARTS) is 1. The fourth-order valence-electron chi connectivity index (χ4n) is 2.15. The molecule has 0 heterocycles. The molecule has 20 heavy (non-hydrogen) atoms. The van der Waals surface area contributed by atoms with Gasteiger partial charge in [-0.05, 0) is 38.3 Å². The lowest BCUT2D eigenvalue weighted by molar-refractivity contribution is -0.151. The van der Waals surface area contributed by atoms with Crippen molar-refractivity contribution in [1.29, 1.82) is 0 Å². The van der Waals surface area contributed by atoms with Crippen LogP contribution < -0.4 is 5.32 Å². The average molecular weight is 293 g/mol. The Hall–Kier alpha value is -1.49. The van der Waals surface area contributed by atoms with Gasteiger partial charge in [0.1, 0.15) is 5.54 Å². The van der Waals surface area contributed by atoms with Gasteiger partial charge >= 0.3 is 5.97 Å². The first-order valence-corrected chi connectivity index (χ1v) is 7.74. The van der Waals surface area contributed by atoms with E-state index < -0.39 is 11.5 Å². The van der Waals surface area contributed by atoms with Crippen LogP contribution in [0.15, 0.2) is 29.2 Å². The van der Waals surface area contributed by atoms with E-state index in [9.17, 15) is 9.59 Å². The first-order chi connectivity index (χ1) is 9.52. The van der Waals surface area contributed by atoms with E-state index in [1.54, 1.807) is 11.8 Å². The molecule has 0 saturated heterocycles. The second kappa shape index (κ2) is 6.31. The molecule has 0 spiro atoms. The summed E-state index contributed by atoms with van der Waals surface area (Å²) >= 11 is 1.61. The second-order valence-corrected chi connectivity index (χ2v) is 6.37. The van der Waals surface area contributed by atoms with E-state index in [0.29, 0.717) is 25.0 Å². The monoisotopic (exact) mass is 293 g/mol. The Morgan fingerprint density at radius 1 is 1.30 bits per heavy atom. The summed E-state index contributed by atoms with van der Waals surface area (Å²) in [5, 5.41) is 11.8. The molecule has 4 nitrogen and oxygen atoms in total. The van der Waals surface area contributed by atoms with Crippen molar-refractivity contribution in [2.24, 2.45) is 0 Å². The number of benzene rings is 1. The summed E-state index contributed by atoms with van der Waals surface area (Å²) < 4.78 is 0. The smallest absolute Gasteiger partial charge is 0.329 e. The number of aliphatic carboxylic acids is 1. The maximum atomic E-state index is 11.8. The van der Waals surface area contributed by atoms with Crippen molar-refractivity contribution in [3.8, 4) is 0 Å². The molecular weight excluding hydrogens is 274 g/mol. The Labute approximate surface area is 123 Å². The van der Waals surface area contributed by atoms with Gasteiger partial charge in [-0.25, -0.2) is 4.79 Å². The molecule has 1 aliphatic rings. The molecule has 0 bridgehead atoms. The van der Waals surface area contributed by atoms with E-state index >= 15 is 0 Å². The summed E-state index contributed by atoms with van der Waals surface area (Å²) in [6.45, 7) is 2.03. The molecule has 2 rings (SSSR count). The van der Waals surface area contributed by atoms with Gasteiger partial charge in [0.25, 0.3) is 0 Å². The van der Waals surface area contributed by atoms with Crippen LogP contribution in [-0.2, 0) is 9.59 Å². The zero-order valence-electron chi connectivity index (χ0n) is 11.5.